The molecule has 0 aromatic rings. The summed E-state index contributed by atoms with van der Waals surface area (Å²) in [5, 5.41) is 0. The molecule has 1 aliphatic rings. The number of carbonyl (C=O) groups excluding carboxylic acids is 2. The van der Waals surface area contributed by atoms with Gasteiger partial charge < -0.3 is 9.47 Å². The predicted octanol–water partition coefficient (Wildman–Crippen LogP) is 2.16. The first kappa shape index (κ1) is 14.3. The van der Waals surface area contributed by atoms with Crippen molar-refractivity contribution in [2.45, 2.75) is 26.7 Å². The molecule has 4 nitrogen and oxygen atoms in total. The number of rotatable bonds is 3. The highest BCUT2D eigenvalue weighted by Crippen LogP contribution is 2.40. The minimum Gasteiger partial charge on any atom is -0.468 e. The van der Waals surface area contributed by atoms with Gasteiger partial charge in [-0.05, 0) is 43.9 Å². The Morgan fingerprint density at radius 2 is 1.83 bits per heavy atom. The number of hydrogen-bond acceptors (Lipinski definition) is 4. The second-order valence-electron chi connectivity index (χ2n) is 4.51. The molecule has 0 bridgehead atoms. The molecular weight excluding hydrogens is 232 g/mol. The van der Waals surface area contributed by atoms with Crippen molar-refractivity contribution in [3.63, 3.8) is 0 Å². The molecule has 1 aliphatic carbocycles. The van der Waals surface area contributed by atoms with Crippen LogP contribution in [0.1, 0.15) is 26.7 Å². The normalized spacial score (nSPS) is 16.3. The van der Waals surface area contributed by atoms with Gasteiger partial charge in [0.2, 0.25) is 0 Å². The van der Waals surface area contributed by atoms with Crippen LogP contribution in [-0.4, -0.2) is 26.2 Å². The van der Waals surface area contributed by atoms with Gasteiger partial charge in [-0.1, -0.05) is 6.08 Å². The largest absolute Gasteiger partial charge is 0.468 e. The quantitative estimate of drug-likeness (QED) is 0.437. The fourth-order valence-electron chi connectivity index (χ4n) is 1.93. The molecule has 18 heavy (non-hydrogen) atoms. The van der Waals surface area contributed by atoms with E-state index >= 15 is 0 Å². The van der Waals surface area contributed by atoms with Gasteiger partial charge in [0.05, 0.1) is 14.2 Å². The van der Waals surface area contributed by atoms with Gasteiger partial charge in [0, 0.05) is 0 Å². The first-order valence-corrected chi connectivity index (χ1v) is 5.72. The summed E-state index contributed by atoms with van der Waals surface area (Å²) in [4.78, 5) is 23.6. The van der Waals surface area contributed by atoms with Gasteiger partial charge in [0.25, 0.3) is 0 Å². The van der Waals surface area contributed by atoms with Crippen LogP contribution in [0.5, 0.6) is 0 Å². The molecule has 0 aromatic carbocycles. The Morgan fingerprint density at radius 1 is 1.28 bits per heavy atom. The first-order valence-electron chi connectivity index (χ1n) is 5.72. The number of allylic oxidation sites excluding steroid dienone is 3. The molecule has 0 heterocycles. The number of esters is 2. The van der Waals surface area contributed by atoms with Crippen molar-refractivity contribution in [1.82, 2.24) is 0 Å². The van der Waals surface area contributed by atoms with Gasteiger partial charge in [0.15, 0.2) is 5.41 Å². The van der Waals surface area contributed by atoms with Gasteiger partial charge in [-0.3, -0.25) is 9.59 Å². The molecule has 0 amide bonds. The van der Waals surface area contributed by atoms with Crippen LogP contribution < -0.4 is 0 Å². The highest BCUT2D eigenvalue weighted by Gasteiger charge is 2.50. The third-order valence-corrected chi connectivity index (χ3v) is 2.92. The van der Waals surface area contributed by atoms with Gasteiger partial charge in [0.1, 0.15) is 0 Å². The van der Waals surface area contributed by atoms with Crippen LogP contribution in [-0.2, 0) is 19.1 Å². The van der Waals surface area contributed by atoms with Gasteiger partial charge in [-0.2, -0.15) is 0 Å². The Morgan fingerprint density at radius 3 is 2.28 bits per heavy atom. The SMILES string of the molecule is COC(=O)C1(C(=O)OC)CC=C(C=C=C(C)C)C1. The fraction of sp³-hybridized carbons (Fsp3) is 0.500. The van der Waals surface area contributed by atoms with Crippen LogP contribution in [0.4, 0.5) is 0 Å². The van der Waals surface area contributed by atoms with Crippen molar-refractivity contribution >= 4 is 11.9 Å². The highest BCUT2D eigenvalue weighted by molar-refractivity contribution is 6.01. The van der Waals surface area contributed by atoms with Crippen molar-refractivity contribution in [2.75, 3.05) is 14.2 Å². The first-order chi connectivity index (χ1) is 8.46. The average Bonchev–Trinajstić information content (AvgIpc) is 2.79. The molecule has 0 saturated carbocycles. The summed E-state index contributed by atoms with van der Waals surface area (Å²) in [7, 11) is 2.55. The zero-order valence-corrected chi connectivity index (χ0v) is 11.2. The summed E-state index contributed by atoms with van der Waals surface area (Å²) in [6.45, 7) is 3.86. The standard InChI is InChI=1S/C14H18O4/c1-10(2)5-6-11-7-8-14(9-11,12(15)17-3)13(16)18-4/h6-7H,8-9H2,1-4H3. The van der Waals surface area contributed by atoms with Crippen molar-refractivity contribution < 1.29 is 19.1 Å². The van der Waals surface area contributed by atoms with E-state index in [0.29, 0.717) is 12.8 Å². The summed E-state index contributed by atoms with van der Waals surface area (Å²) in [6.07, 6.45) is 4.25. The lowest BCUT2D eigenvalue weighted by atomic mass is 9.84. The third kappa shape index (κ3) is 2.71. The zero-order chi connectivity index (χ0) is 13.8. The molecule has 0 N–H and O–H groups in total. The maximum atomic E-state index is 11.8. The third-order valence-electron chi connectivity index (χ3n) is 2.92. The molecule has 4 heteroatoms. The Bertz CT molecular complexity index is 430. The highest BCUT2D eigenvalue weighted by atomic mass is 16.5. The Hall–Kier alpha value is -1.80. The van der Waals surface area contributed by atoms with Gasteiger partial charge in [-0.25, -0.2) is 0 Å². The van der Waals surface area contributed by atoms with E-state index in [1.54, 1.807) is 6.08 Å². The summed E-state index contributed by atoms with van der Waals surface area (Å²) < 4.78 is 9.44. The van der Waals surface area contributed by atoms with E-state index in [9.17, 15) is 9.59 Å². The monoisotopic (exact) mass is 250 g/mol. The van der Waals surface area contributed by atoms with Crippen molar-refractivity contribution in [1.29, 1.82) is 0 Å². The van der Waals surface area contributed by atoms with Crippen molar-refractivity contribution in [3.8, 4) is 0 Å². The van der Waals surface area contributed by atoms with E-state index in [0.717, 1.165) is 11.1 Å². The van der Waals surface area contributed by atoms with E-state index in [1.165, 1.54) is 14.2 Å². The molecule has 1 rings (SSSR count). The molecule has 0 radical (unpaired) electrons. The second-order valence-corrected chi connectivity index (χ2v) is 4.51. The van der Waals surface area contributed by atoms with Crippen LogP contribution >= 0.6 is 0 Å². The number of ether oxygens (including phenoxy) is 2. The van der Waals surface area contributed by atoms with Gasteiger partial charge >= 0.3 is 11.9 Å². The van der Waals surface area contributed by atoms with Crippen LogP contribution in [0.25, 0.3) is 0 Å². The maximum absolute atomic E-state index is 11.8. The molecule has 0 aliphatic heterocycles. The summed E-state index contributed by atoms with van der Waals surface area (Å²) >= 11 is 0. The number of methoxy groups -OCH3 is 2. The predicted molar refractivity (Wildman–Crippen MR) is 66.7 cm³/mol. The maximum Gasteiger partial charge on any atom is 0.323 e. The Kier molecular flexibility index (Phi) is 4.51. The smallest absolute Gasteiger partial charge is 0.323 e. The molecule has 0 fully saturated rings. The van der Waals surface area contributed by atoms with E-state index in [-0.39, 0.29) is 0 Å². The van der Waals surface area contributed by atoms with Crippen molar-refractivity contribution in [2.24, 2.45) is 5.41 Å². The topological polar surface area (TPSA) is 52.6 Å². The van der Waals surface area contributed by atoms with E-state index in [1.807, 2.05) is 19.9 Å². The molecule has 98 valence electrons. The molecule has 0 saturated heterocycles. The van der Waals surface area contributed by atoms with Crippen LogP contribution in [0.3, 0.4) is 0 Å². The molecule has 0 spiro atoms. The van der Waals surface area contributed by atoms with E-state index in [2.05, 4.69) is 5.73 Å². The van der Waals surface area contributed by atoms with Crippen LogP contribution in [0, 0.1) is 5.41 Å². The molecule has 0 aromatic heterocycles. The lowest BCUT2D eigenvalue weighted by Crippen LogP contribution is -2.39. The van der Waals surface area contributed by atoms with E-state index in [4.69, 9.17) is 9.47 Å². The van der Waals surface area contributed by atoms with E-state index < -0.39 is 17.4 Å². The minimum atomic E-state index is -1.22. The molecule has 0 atom stereocenters. The lowest BCUT2D eigenvalue weighted by Gasteiger charge is -2.22. The Labute approximate surface area is 107 Å². The number of hydrogen-bond donors (Lipinski definition) is 0. The van der Waals surface area contributed by atoms with Crippen LogP contribution in [0.15, 0.2) is 29.0 Å². The van der Waals surface area contributed by atoms with Crippen molar-refractivity contribution in [3.05, 3.63) is 29.0 Å². The molecular formula is C14H18O4. The average molecular weight is 250 g/mol. The van der Waals surface area contributed by atoms with Crippen LogP contribution in [0.2, 0.25) is 0 Å². The summed E-state index contributed by atoms with van der Waals surface area (Å²) in [5.41, 5.74) is 3.76. The van der Waals surface area contributed by atoms with Gasteiger partial charge in [-0.15, -0.1) is 5.73 Å². The fourth-order valence-corrected chi connectivity index (χ4v) is 1.93. The minimum absolute atomic E-state index is 0.298. The summed E-state index contributed by atoms with van der Waals surface area (Å²) in [5.74, 6) is -1.10. The molecule has 0 unspecified atom stereocenters. The Balaban J connectivity index is 2.99. The zero-order valence-electron chi connectivity index (χ0n) is 11.2. The lowest BCUT2D eigenvalue weighted by molar-refractivity contribution is -0.168. The second kappa shape index (κ2) is 5.69. The summed E-state index contributed by atoms with van der Waals surface area (Å²) in [6, 6.07) is 0. The number of carbonyl (C=O) groups is 2.